The number of hydrogen-bond donors (Lipinski definition) is 2. The van der Waals surface area contributed by atoms with Crippen molar-refractivity contribution >= 4 is 34.4 Å². The Morgan fingerprint density at radius 2 is 1.56 bits per heavy atom. The van der Waals surface area contributed by atoms with Crippen LogP contribution in [0.1, 0.15) is 78.5 Å². The molecule has 0 radical (unpaired) electrons. The van der Waals surface area contributed by atoms with Crippen LogP contribution in [-0.4, -0.2) is 41.0 Å². The molecule has 3 amide bonds. The Bertz CT molecular complexity index is 1330. The van der Waals surface area contributed by atoms with Crippen LogP contribution >= 0.6 is 0 Å². The van der Waals surface area contributed by atoms with Crippen molar-refractivity contribution in [1.29, 1.82) is 0 Å². The minimum absolute atomic E-state index is 0.180. The van der Waals surface area contributed by atoms with E-state index in [1.807, 2.05) is 87.5 Å². The number of carbonyl (C=O) groups excluding carboxylic acids is 3. The summed E-state index contributed by atoms with van der Waals surface area (Å²) in [6.07, 6.45) is 1.50. The van der Waals surface area contributed by atoms with E-state index < -0.39 is 23.8 Å². The smallest absolute Gasteiger partial charge is 0.408 e. The second-order valence-corrected chi connectivity index (χ2v) is 11.6. The van der Waals surface area contributed by atoms with E-state index in [1.54, 1.807) is 25.7 Å². The number of amides is 3. The van der Waals surface area contributed by atoms with Gasteiger partial charge in [0.15, 0.2) is 0 Å². The van der Waals surface area contributed by atoms with Gasteiger partial charge in [-0.25, -0.2) is 4.79 Å². The number of alkyl carbamates (subject to hydrolysis) is 1. The first-order chi connectivity index (χ1) is 19.5. The van der Waals surface area contributed by atoms with Crippen LogP contribution in [0.3, 0.4) is 0 Å². The molecule has 3 rings (SSSR count). The topological polar surface area (TPSA) is 87.7 Å². The van der Waals surface area contributed by atoms with E-state index in [1.165, 1.54) is 0 Å². The summed E-state index contributed by atoms with van der Waals surface area (Å²) >= 11 is 0. The molecule has 0 saturated heterocycles. The lowest BCUT2D eigenvalue weighted by Crippen LogP contribution is -2.54. The van der Waals surface area contributed by atoms with E-state index in [0.29, 0.717) is 30.6 Å². The number of benzene rings is 3. The first kappa shape index (κ1) is 31.7. The summed E-state index contributed by atoms with van der Waals surface area (Å²) in [7, 11) is 0. The van der Waals surface area contributed by atoms with Crippen molar-refractivity contribution in [1.82, 2.24) is 10.2 Å². The van der Waals surface area contributed by atoms with Crippen molar-refractivity contribution in [2.75, 3.05) is 11.9 Å². The van der Waals surface area contributed by atoms with Gasteiger partial charge in [-0.2, -0.15) is 0 Å². The summed E-state index contributed by atoms with van der Waals surface area (Å²) in [6, 6.07) is 19.8. The molecule has 2 N–H and O–H groups in total. The molecule has 41 heavy (non-hydrogen) atoms. The summed E-state index contributed by atoms with van der Waals surface area (Å²) in [5.41, 5.74) is 1.79. The summed E-state index contributed by atoms with van der Waals surface area (Å²) in [6.45, 7) is 13.6. The maximum Gasteiger partial charge on any atom is 0.408 e. The van der Waals surface area contributed by atoms with Crippen LogP contribution in [0.2, 0.25) is 0 Å². The third kappa shape index (κ3) is 8.56. The van der Waals surface area contributed by atoms with Crippen LogP contribution in [0.25, 0.3) is 10.8 Å². The molecular formula is C34H45N3O4. The van der Waals surface area contributed by atoms with Crippen LogP contribution in [0.15, 0.2) is 66.7 Å². The van der Waals surface area contributed by atoms with Gasteiger partial charge in [-0.05, 0) is 73.6 Å². The van der Waals surface area contributed by atoms with Crippen molar-refractivity contribution < 1.29 is 19.1 Å². The Morgan fingerprint density at radius 1 is 0.902 bits per heavy atom. The van der Waals surface area contributed by atoms with E-state index in [4.69, 9.17) is 4.74 Å². The van der Waals surface area contributed by atoms with Crippen LogP contribution in [0.4, 0.5) is 10.5 Å². The zero-order chi connectivity index (χ0) is 30.2. The third-order valence-corrected chi connectivity index (χ3v) is 7.18. The van der Waals surface area contributed by atoms with Gasteiger partial charge < -0.3 is 20.3 Å². The van der Waals surface area contributed by atoms with Gasteiger partial charge in [0.1, 0.15) is 17.7 Å². The number of nitrogens with zero attached hydrogens (tertiary/aromatic N) is 1. The molecule has 3 atom stereocenters. The van der Waals surface area contributed by atoms with Crippen molar-refractivity contribution in [2.24, 2.45) is 5.92 Å². The lowest BCUT2D eigenvalue weighted by Gasteiger charge is -2.36. The summed E-state index contributed by atoms with van der Waals surface area (Å²) in [4.78, 5) is 42.7. The molecule has 7 heteroatoms. The first-order valence-electron chi connectivity index (χ1n) is 14.7. The molecular weight excluding hydrogens is 514 g/mol. The molecule has 0 fully saturated rings. The number of nitrogens with one attached hydrogen (secondary N) is 2. The minimum atomic E-state index is -0.896. The van der Waals surface area contributed by atoms with E-state index in [9.17, 15) is 14.4 Å². The Morgan fingerprint density at radius 3 is 2.15 bits per heavy atom. The SMILES string of the molecule is CCCN(C(=O)C(NC(=O)OC(C)(C)C)C(C)CC)C(C(=O)Nc1ccc2ccccc2c1)c1ccc(CC)cc1. The fraction of sp³-hybridized carbons (Fsp3) is 0.441. The van der Waals surface area contributed by atoms with Crippen LogP contribution in [0, 0.1) is 5.92 Å². The fourth-order valence-corrected chi connectivity index (χ4v) is 4.79. The lowest BCUT2D eigenvalue weighted by molar-refractivity contribution is -0.141. The number of fused-ring (bicyclic) bond motifs is 1. The molecule has 0 aliphatic heterocycles. The molecule has 0 aromatic heterocycles. The lowest BCUT2D eigenvalue weighted by atomic mass is 9.95. The predicted molar refractivity (Wildman–Crippen MR) is 166 cm³/mol. The number of ether oxygens (including phenoxy) is 1. The van der Waals surface area contributed by atoms with Crippen LogP contribution in [0.5, 0.6) is 0 Å². The van der Waals surface area contributed by atoms with E-state index >= 15 is 0 Å². The molecule has 0 spiro atoms. The van der Waals surface area contributed by atoms with Crippen LogP contribution < -0.4 is 10.6 Å². The first-order valence-corrected chi connectivity index (χ1v) is 14.7. The monoisotopic (exact) mass is 559 g/mol. The molecule has 220 valence electrons. The maximum atomic E-state index is 14.3. The Balaban J connectivity index is 2.02. The van der Waals surface area contributed by atoms with Gasteiger partial charge in [0, 0.05) is 12.2 Å². The Kier molecular flexibility index (Phi) is 10.9. The van der Waals surface area contributed by atoms with Gasteiger partial charge in [-0.3, -0.25) is 9.59 Å². The highest BCUT2D eigenvalue weighted by atomic mass is 16.6. The molecule has 3 aromatic carbocycles. The van der Waals surface area contributed by atoms with Gasteiger partial charge >= 0.3 is 6.09 Å². The number of anilines is 1. The molecule has 0 aliphatic rings. The molecule has 0 saturated carbocycles. The van der Waals surface area contributed by atoms with Crippen molar-refractivity contribution in [3.8, 4) is 0 Å². The maximum absolute atomic E-state index is 14.3. The summed E-state index contributed by atoms with van der Waals surface area (Å²) < 4.78 is 5.48. The highest BCUT2D eigenvalue weighted by Crippen LogP contribution is 2.28. The number of hydrogen-bond acceptors (Lipinski definition) is 4. The van der Waals surface area contributed by atoms with Gasteiger partial charge in [0.05, 0.1) is 0 Å². The molecule has 3 unspecified atom stereocenters. The largest absolute Gasteiger partial charge is 0.444 e. The normalized spacial score (nSPS) is 13.6. The van der Waals surface area contributed by atoms with Crippen molar-refractivity contribution in [3.63, 3.8) is 0 Å². The molecule has 3 aromatic rings. The molecule has 0 aliphatic carbocycles. The van der Waals surface area contributed by atoms with E-state index in [0.717, 1.165) is 22.8 Å². The number of carbonyl (C=O) groups is 3. The van der Waals surface area contributed by atoms with E-state index in [2.05, 4.69) is 17.6 Å². The standard InChI is InChI=1S/C34H45N3O4/c1-8-21-37(32(39)29(23(4)9-2)36-33(40)41-34(5,6)7)30(26-17-15-24(10-3)16-18-26)31(38)35-28-20-19-25-13-11-12-14-27(25)22-28/h11-20,22-23,29-30H,8-10,21H2,1-7H3,(H,35,38)(H,36,40). The average molecular weight is 560 g/mol. The highest BCUT2D eigenvalue weighted by molar-refractivity contribution is 6.00. The van der Waals surface area contributed by atoms with Crippen molar-refractivity contribution in [3.05, 3.63) is 77.9 Å². The van der Waals surface area contributed by atoms with Crippen LogP contribution in [-0.2, 0) is 20.7 Å². The highest BCUT2D eigenvalue weighted by Gasteiger charge is 2.37. The summed E-state index contributed by atoms with van der Waals surface area (Å²) in [5, 5.41) is 7.96. The molecule has 0 heterocycles. The Hall–Kier alpha value is -3.87. The van der Waals surface area contributed by atoms with E-state index in [-0.39, 0.29) is 17.7 Å². The zero-order valence-electron chi connectivity index (χ0n) is 25.5. The Labute approximate surface area is 244 Å². The number of rotatable bonds is 11. The summed E-state index contributed by atoms with van der Waals surface area (Å²) in [5.74, 6) is -0.808. The third-order valence-electron chi connectivity index (χ3n) is 7.18. The fourth-order valence-electron chi connectivity index (χ4n) is 4.79. The second kappa shape index (κ2) is 14.2. The average Bonchev–Trinajstić information content (AvgIpc) is 2.94. The van der Waals surface area contributed by atoms with Gasteiger partial charge in [0.25, 0.3) is 5.91 Å². The number of aryl methyl sites for hydroxylation is 1. The second-order valence-electron chi connectivity index (χ2n) is 11.6. The van der Waals surface area contributed by atoms with Gasteiger partial charge in [-0.1, -0.05) is 88.7 Å². The minimum Gasteiger partial charge on any atom is -0.444 e. The van der Waals surface area contributed by atoms with Gasteiger partial charge in [-0.15, -0.1) is 0 Å². The predicted octanol–water partition coefficient (Wildman–Crippen LogP) is 7.26. The van der Waals surface area contributed by atoms with Crippen molar-refractivity contribution in [2.45, 2.75) is 85.4 Å². The molecule has 7 nitrogen and oxygen atoms in total. The quantitative estimate of drug-likeness (QED) is 0.259. The molecule has 0 bridgehead atoms. The zero-order valence-corrected chi connectivity index (χ0v) is 25.5. The van der Waals surface area contributed by atoms with Gasteiger partial charge in [0.2, 0.25) is 5.91 Å².